The van der Waals surface area contributed by atoms with E-state index in [1.165, 1.54) is 0 Å². The van der Waals surface area contributed by atoms with Gasteiger partial charge in [0.2, 0.25) is 0 Å². The summed E-state index contributed by atoms with van der Waals surface area (Å²) in [6.45, 7) is 5.76. The molecule has 1 aromatic carbocycles. The normalized spacial score (nSPS) is 9.89. The second kappa shape index (κ2) is 7.03. The lowest BCUT2D eigenvalue weighted by Crippen LogP contribution is -2.29. The van der Waals surface area contributed by atoms with E-state index in [2.05, 4.69) is 46.8 Å². The van der Waals surface area contributed by atoms with Crippen LogP contribution >= 0.6 is 15.9 Å². The molecule has 0 heterocycles. The maximum atomic E-state index is 9.19. The van der Waals surface area contributed by atoms with Crippen molar-refractivity contribution in [2.75, 3.05) is 18.0 Å². The number of nitriles is 2. The number of hydrogen-bond donors (Lipinski definition) is 0. The summed E-state index contributed by atoms with van der Waals surface area (Å²) in [7, 11) is 0. The van der Waals surface area contributed by atoms with Gasteiger partial charge < -0.3 is 4.90 Å². The van der Waals surface area contributed by atoms with Gasteiger partial charge in [-0.2, -0.15) is 10.5 Å². The second-order valence-electron chi connectivity index (χ2n) is 4.52. The molecule has 0 fully saturated rings. The first-order valence-electron chi connectivity index (χ1n) is 5.90. The molecule has 1 rings (SSSR count). The van der Waals surface area contributed by atoms with Crippen LogP contribution in [0.2, 0.25) is 0 Å². The minimum absolute atomic E-state index is 0.466. The van der Waals surface area contributed by atoms with Crippen molar-refractivity contribution >= 4 is 21.6 Å². The summed E-state index contributed by atoms with van der Waals surface area (Å²) in [5, 5.41) is 17.9. The molecule has 4 heteroatoms. The van der Waals surface area contributed by atoms with Crippen LogP contribution in [0, 0.1) is 28.6 Å². The van der Waals surface area contributed by atoms with E-state index in [9.17, 15) is 5.26 Å². The van der Waals surface area contributed by atoms with Gasteiger partial charge >= 0.3 is 0 Å². The van der Waals surface area contributed by atoms with Gasteiger partial charge in [0.05, 0.1) is 23.7 Å². The molecule has 0 saturated heterocycles. The Hall–Kier alpha value is -1.52. The quantitative estimate of drug-likeness (QED) is 0.833. The summed E-state index contributed by atoms with van der Waals surface area (Å²) in [6, 6.07) is 10.0. The summed E-state index contributed by atoms with van der Waals surface area (Å²) in [6.07, 6.45) is 0.466. The zero-order chi connectivity index (χ0) is 13.5. The number of benzene rings is 1. The third kappa shape index (κ3) is 4.05. The monoisotopic (exact) mass is 305 g/mol. The van der Waals surface area contributed by atoms with Gasteiger partial charge in [-0.15, -0.1) is 0 Å². The summed E-state index contributed by atoms with van der Waals surface area (Å²) in [5.41, 5.74) is 1.55. The van der Waals surface area contributed by atoms with E-state index in [1.807, 2.05) is 18.2 Å². The molecule has 0 bridgehead atoms. The van der Waals surface area contributed by atoms with Crippen molar-refractivity contribution in [3.63, 3.8) is 0 Å². The number of anilines is 1. The van der Waals surface area contributed by atoms with Crippen LogP contribution in [0.1, 0.15) is 25.8 Å². The van der Waals surface area contributed by atoms with Crippen LogP contribution in [-0.4, -0.2) is 13.1 Å². The lowest BCUT2D eigenvalue weighted by Gasteiger charge is -2.26. The molecule has 0 atom stereocenters. The third-order valence-corrected chi connectivity index (χ3v) is 2.99. The maximum Gasteiger partial charge on any atom is 0.101 e. The Labute approximate surface area is 117 Å². The highest BCUT2D eigenvalue weighted by molar-refractivity contribution is 9.10. The molecule has 3 nitrogen and oxygen atoms in total. The molecule has 0 radical (unpaired) electrons. The summed E-state index contributed by atoms with van der Waals surface area (Å²) >= 11 is 3.37. The Morgan fingerprint density at radius 2 is 2.06 bits per heavy atom. The van der Waals surface area contributed by atoms with Crippen LogP contribution in [-0.2, 0) is 0 Å². The topological polar surface area (TPSA) is 50.8 Å². The fourth-order valence-corrected chi connectivity index (χ4v) is 2.17. The van der Waals surface area contributed by atoms with Crippen LogP contribution in [0.15, 0.2) is 22.7 Å². The van der Waals surface area contributed by atoms with Gasteiger partial charge in [0.25, 0.3) is 0 Å². The molecule has 1 aromatic rings. The number of nitrogens with zero attached hydrogens (tertiary/aromatic N) is 3. The Balaban J connectivity index is 3.04. The predicted molar refractivity (Wildman–Crippen MR) is 76.1 cm³/mol. The average Bonchev–Trinajstić information content (AvgIpc) is 2.34. The van der Waals surface area contributed by atoms with Gasteiger partial charge in [0.15, 0.2) is 0 Å². The highest BCUT2D eigenvalue weighted by atomic mass is 79.9. The fourth-order valence-electron chi connectivity index (χ4n) is 1.81. The van der Waals surface area contributed by atoms with Crippen LogP contribution in [0.3, 0.4) is 0 Å². The molecule has 18 heavy (non-hydrogen) atoms. The number of rotatable bonds is 5. The first kappa shape index (κ1) is 14.5. The van der Waals surface area contributed by atoms with Crippen molar-refractivity contribution < 1.29 is 0 Å². The van der Waals surface area contributed by atoms with E-state index in [0.717, 1.165) is 16.7 Å². The number of hydrogen-bond acceptors (Lipinski definition) is 3. The lowest BCUT2D eigenvalue weighted by atomic mass is 10.1. The highest BCUT2D eigenvalue weighted by Gasteiger charge is 2.12. The van der Waals surface area contributed by atoms with Crippen molar-refractivity contribution in [2.24, 2.45) is 5.92 Å². The molecule has 0 aliphatic heterocycles. The van der Waals surface area contributed by atoms with E-state index in [0.29, 0.717) is 24.4 Å². The van der Waals surface area contributed by atoms with Gasteiger partial charge in [-0.25, -0.2) is 0 Å². The zero-order valence-corrected chi connectivity index (χ0v) is 12.2. The van der Waals surface area contributed by atoms with Crippen molar-refractivity contribution in [1.29, 1.82) is 10.5 Å². The molecule has 94 valence electrons. The predicted octanol–water partition coefficient (Wildman–Crippen LogP) is 3.70. The van der Waals surface area contributed by atoms with Gasteiger partial charge in [-0.3, -0.25) is 0 Å². The maximum absolute atomic E-state index is 9.19. The Kier molecular flexibility index (Phi) is 5.68. The largest absolute Gasteiger partial charge is 0.369 e. The van der Waals surface area contributed by atoms with E-state index in [-0.39, 0.29) is 0 Å². The Morgan fingerprint density at radius 1 is 1.33 bits per heavy atom. The summed E-state index contributed by atoms with van der Waals surface area (Å²) < 4.78 is 0.896. The Morgan fingerprint density at radius 3 is 2.61 bits per heavy atom. The molecule has 0 spiro atoms. The molecule has 0 N–H and O–H groups in total. The molecule has 0 aliphatic rings. The highest BCUT2D eigenvalue weighted by Crippen LogP contribution is 2.25. The minimum Gasteiger partial charge on any atom is -0.369 e. The van der Waals surface area contributed by atoms with Crippen LogP contribution in [0.4, 0.5) is 5.69 Å². The van der Waals surface area contributed by atoms with Crippen LogP contribution in [0.25, 0.3) is 0 Å². The molecule has 0 amide bonds. The first-order chi connectivity index (χ1) is 8.58. The van der Waals surface area contributed by atoms with Crippen molar-refractivity contribution in [1.82, 2.24) is 0 Å². The summed E-state index contributed by atoms with van der Waals surface area (Å²) in [4.78, 5) is 2.11. The van der Waals surface area contributed by atoms with Crippen LogP contribution in [0.5, 0.6) is 0 Å². The second-order valence-corrected chi connectivity index (χ2v) is 5.44. The van der Waals surface area contributed by atoms with Gasteiger partial charge in [0, 0.05) is 17.6 Å². The van der Waals surface area contributed by atoms with E-state index in [4.69, 9.17) is 5.26 Å². The fraction of sp³-hybridized carbons (Fsp3) is 0.429. The number of halogens is 1. The van der Waals surface area contributed by atoms with E-state index >= 15 is 0 Å². The molecule has 0 aliphatic carbocycles. The zero-order valence-electron chi connectivity index (χ0n) is 10.7. The first-order valence-corrected chi connectivity index (χ1v) is 6.69. The Bertz CT molecular complexity index is 483. The smallest absolute Gasteiger partial charge is 0.101 e. The SMILES string of the molecule is CC(C)CN(CCC#N)c1ccc(Br)cc1C#N. The van der Waals surface area contributed by atoms with Gasteiger partial charge in [-0.1, -0.05) is 29.8 Å². The third-order valence-electron chi connectivity index (χ3n) is 2.50. The van der Waals surface area contributed by atoms with Gasteiger partial charge in [-0.05, 0) is 24.1 Å². The van der Waals surface area contributed by atoms with Gasteiger partial charge in [0.1, 0.15) is 6.07 Å². The van der Waals surface area contributed by atoms with E-state index < -0.39 is 0 Å². The van der Waals surface area contributed by atoms with Crippen LogP contribution < -0.4 is 4.90 Å². The standard InChI is InChI=1S/C14H16BrN3/c1-11(2)10-18(7-3-6-16)14-5-4-13(15)8-12(14)9-17/h4-5,8,11H,3,7,10H2,1-2H3. The van der Waals surface area contributed by atoms with E-state index in [1.54, 1.807) is 0 Å². The average molecular weight is 306 g/mol. The van der Waals surface area contributed by atoms with Crippen molar-refractivity contribution in [3.05, 3.63) is 28.2 Å². The molecule has 0 aromatic heterocycles. The molecular formula is C14H16BrN3. The molecule has 0 unspecified atom stereocenters. The summed E-state index contributed by atoms with van der Waals surface area (Å²) in [5.74, 6) is 0.485. The molecule has 0 saturated carbocycles. The lowest BCUT2D eigenvalue weighted by molar-refractivity contribution is 0.612. The van der Waals surface area contributed by atoms with Crippen molar-refractivity contribution in [3.8, 4) is 12.1 Å². The van der Waals surface area contributed by atoms with Crippen molar-refractivity contribution in [2.45, 2.75) is 20.3 Å². The molecular weight excluding hydrogens is 290 g/mol. The minimum atomic E-state index is 0.466.